The van der Waals surface area contributed by atoms with Crippen LogP contribution < -0.4 is 26.3 Å². The predicted octanol–water partition coefficient (Wildman–Crippen LogP) is 1.15. The van der Waals surface area contributed by atoms with Gasteiger partial charge in [-0.15, -0.1) is 0 Å². The van der Waals surface area contributed by atoms with Crippen LogP contribution in [0.5, 0.6) is 11.5 Å². The molecule has 0 heterocycles. The zero-order valence-electron chi connectivity index (χ0n) is 15.2. The van der Waals surface area contributed by atoms with Gasteiger partial charge in [0.25, 0.3) is 0 Å². The second-order valence-corrected chi connectivity index (χ2v) is 5.63. The molecule has 142 valence electrons. The van der Waals surface area contributed by atoms with E-state index in [0.29, 0.717) is 31.0 Å². The molecule has 1 aromatic carbocycles. The largest absolute Gasteiger partial charge is 0.493 e. The molecule has 0 aliphatic heterocycles. The molecule has 0 fully saturated rings. The SMILES string of the molecule is COc1ccc(C(CCN)CCNC(=O)/C=C(/N)C(=N)C=N)cc1OC. The standard InChI is InChI=1S/C18H27N5O3/c1-25-16-4-3-13(9-17(16)26-2)12(5-7-19)6-8-23-18(24)10-14(21)15(22)11-20/h3-4,9-12,20,22H,5-8,19,21H2,1-2H3,(H,23,24)/b14-10+,20-11?,22-15?. The van der Waals surface area contributed by atoms with Gasteiger partial charge in [-0.05, 0) is 43.0 Å². The van der Waals surface area contributed by atoms with Gasteiger partial charge in [-0.25, -0.2) is 0 Å². The zero-order valence-corrected chi connectivity index (χ0v) is 15.2. The van der Waals surface area contributed by atoms with Gasteiger partial charge in [0, 0.05) is 18.8 Å². The number of hydrogen-bond acceptors (Lipinski definition) is 7. The average Bonchev–Trinajstić information content (AvgIpc) is 2.65. The van der Waals surface area contributed by atoms with Gasteiger partial charge in [-0.2, -0.15) is 0 Å². The van der Waals surface area contributed by atoms with Crippen molar-refractivity contribution >= 4 is 17.8 Å². The van der Waals surface area contributed by atoms with Crippen molar-refractivity contribution in [3.63, 3.8) is 0 Å². The predicted molar refractivity (Wildman–Crippen MR) is 102 cm³/mol. The number of carbonyl (C=O) groups is 1. The number of nitrogens with two attached hydrogens (primary N) is 2. The minimum absolute atomic E-state index is 0.0455. The highest BCUT2D eigenvalue weighted by Crippen LogP contribution is 2.32. The van der Waals surface area contributed by atoms with Crippen LogP contribution in [0.25, 0.3) is 0 Å². The summed E-state index contributed by atoms with van der Waals surface area (Å²) < 4.78 is 10.6. The van der Waals surface area contributed by atoms with Crippen molar-refractivity contribution in [1.82, 2.24) is 5.32 Å². The number of nitrogens with one attached hydrogen (secondary N) is 3. The first-order valence-corrected chi connectivity index (χ1v) is 8.23. The summed E-state index contributed by atoms with van der Waals surface area (Å²) in [5.74, 6) is 1.07. The molecule has 0 aliphatic carbocycles. The van der Waals surface area contributed by atoms with Crippen LogP contribution in [0.1, 0.15) is 24.3 Å². The molecule has 1 rings (SSSR count). The van der Waals surface area contributed by atoms with Gasteiger partial charge in [0.15, 0.2) is 11.5 Å². The van der Waals surface area contributed by atoms with Gasteiger partial charge in [0.05, 0.1) is 25.6 Å². The van der Waals surface area contributed by atoms with E-state index in [4.69, 9.17) is 31.8 Å². The summed E-state index contributed by atoms with van der Waals surface area (Å²) in [6.45, 7) is 0.954. The number of amides is 1. The van der Waals surface area contributed by atoms with E-state index in [-0.39, 0.29) is 17.3 Å². The Labute approximate surface area is 153 Å². The summed E-state index contributed by atoms with van der Waals surface area (Å²) in [7, 11) is 3.17. The van der Waals surface area contributed by atoms with E-state index in [1.165, 1.54) is 0 Å². The third-order valence-corrected chi connectivity index (χ3v) is 3.93. The topological polar surface area (TPSA) is 147 Å². The first-order chi connectivity index (χ1) is 12.5. The molecule has 26 heavy (non-hydrogen) atoms. The first-order valence-electron chi connectivity index (χ1n) is 8.23. The molecule has 8 heteroatoms. The molecule has 0 bridgehead atoms. The fraction of sp³-hybridized carbons (Fsp3) is 0.389. The highest BCUT2D eigenvalue weighted by molar-refractivity contribution is 6.36. The second-order valence-electron chi connectivity index (χ2n) is 5.63. The Balaban J connectivity index is 2.73. The van der Waals surface area contributed by atoms with Crippen LogP contribution in [-0.4, -0.2) is 45.1 Å². The van der Waals surface area contributed by atoms with E-state index in [9.17, 15) is 4.79 Å². The van der Waals surface area contributed by atoms with Crippen LogP contribution >= 0.6 is 0 Å². The number of allylic oxidation sites excluding steroid dienone is 1. The van der Waals surface area contributed by atoms with Gasteiger partial charge >= 0.3 is 0 Å². The fourth-order valence-electron chi connectivity index (χ4n) is 2.51. The highest BCUT2D eigenvalue weighted by atomic mass is 16.5. The minimum Gasteiger partial charge on any atom is -0.493 e. The van der Waals surface area contributed by atoms with Crippen LogP contribution in [0.2, 0.25) is 0 Å². The maximum atomic E-state index is 11.8. The van der Waals surface area contributed by atoms with Gasteiger partial charge in [-0.3, -0.25) is 10.2 Å². The Morgan fingerprint density at radius 2 is 1.96 bits per heavy atom. The van der Waals surface area contributed by atoms with E-state index in [2.05, 4.69) is 5.32 Å². The Hall–Kier alpha value is -2.87. The molecule has 1 atom stereocenters. The van der Waals surface area contributed by atoms with E-state index >= 15 is 0 Å². The zero-order chi connectivity index (χ0) is 19.5. The summed E-state index contributed by atoms with van der Waals surface area (Å²) in [6, 6.07) is 5.74. The van der Waals surface area contributed by atoms with Crippen molar-refractivity contribution in [2.24, 2.45) is 11.5 Å². The van der Waals surface area contributed by atoms with E-state index < -0.39 is 5.91 Å². The fourth-order valence-corrected chi connectivity index (χ4v) is 2.51. The third kappa shape index (κ3) is 6.21. The quantitative estimate of drug-likeness (QED) is 0.296. The molecule has 0 saturated carbocycles. The number of benzene rings is 1. The monoisotopic (exact) mass is 361 g/mol. The summed E-state index contributed by atoms with van der Waals surface area (Å²) in [5, 5.41) is 17.1. The molecule has 7 N–H and O–H groups in total. The van der Waals surface area contributed by atoms with Crippen LogP contribution in [0.3, 0.4) is 0 Å². The second kappa shape index (κ2) is 10.9. The minimum atomic E-state index is -0.395. The van der Waals surface area contributed by atoms with Gasteiger partial charge in [0.1, 0.15) is 0 Å². The highest BCUT2D eigenvalue weighted by Gasteiger charge is 2.14. The smallest absolute Gasteiger partial charge is 0.246 e. The summed E-state index contributed by atoms with van der Waals surface area (Å²) in [6.07, 6.45) is 3.35. The van der Waals surface area contributed by atoms with Crippen molar-refractivity contribution in [3.8, 4) is 11.5 Å². The third-order valence-electron chi connectivity index (χ3n) is 3.93. The molecule has 0 spiro atoms. The first kappa shape index (κ1) is 21.2. The maximum absolute atomic E-state index is 11.8. The van der Waals surface area contributed by atoms with Crippen molar-refractivity contribution in [2.75, 3.05) is 27.3 Å². The molecule has 0 saturated heterocycles. The Morgan fingerprint density at radius 1 is 1.27 bits per heavy atom. The Morgan fingerprint density at radius 3 is 2.54 bits per heavy atom. The van der Waals surface area contributed by atoms with Crippen molar-refractivity contribution in [2.45, 2.75) is 18.8 Å². The summed E-state index contributed by atoms with van der Waals surface area (Å²) in [4.78, 5) is 11.8. The lowest BCUT2D eigenvalue weighted by molar-refractivity contribution is -0.116. The lowest BCUT2D eigenvalue weighted by Gasteiger charge is -2.18. The molecule has 8 nitrogen and oxygen atoms in total. The van der Waals surface area contributed by atoms with Crippen LogP contribution in [0.15, 0.2) is 30.0 Å². The number of hydrogen-bond donors (Lipinski definition) is 5. The van der Waals surface area contributed by atoms with Gasteiger partial charge in [-0.1, -0.05) is 6.07 Å². The van der Waals surface area contributed by atoms with Crippen LogP contribution in [0.4, 0.5) is 0 Å². The number of carbonyl (C=O) groups excluding carboxylic acids is 1. The van der Waals surface area contributed by atoms with E-state index in [1.807, 2.05) is 18.2 Å². The molecule has 1 aromatic rings. The Bertz CT molecular complexity index is 673. The van der Waals surface area contributed by atoms with Crippen LogP contribution in [-0.2, 0) is 4.79 Å². The van der Waals surface area contributed by atoms with Crippen molar-refractivity contribution in [3.05, 3.63) is 35.5 Å². The number of rotatable bonds is 11. The lowest BCUT2D eigenvalue weighted by atomic mass is 9.92. The number of ether oxygens (including phenoxy) is 2. The van der Waals surface area contributed by atoms with E-state index in [1.54, 1.807) is 14.2 Å². The molecule has 0 aliphatic rings. The molecular formula is C18H27N5O3. The Kier molecular flexibility index (Phi) is 8.86. The molecular weight excluding hydrogens is 334 g/mol. The maximum Gasteiger partial charge on any atom is 0.246 e. The molecule has 0 aromatic heterocycles. The average molecular weight is 361 g/mol. The lowest BCUT2D eigenvalue weighted by Crippen LogP contribution is -2.26. The summed E-state index contributed by atoms with van der Waals surface area (Å²) in [5.41, 5.74) is 12.1. The summed E-state index contributed by atoms with van der Waals surface area (Å²) >= 11 is 0. The van der Waals surface area contributed by atoms with E-state index in [0.717, 1.165) is 24.3 Å². The molecule has 0 radical (unpaired) electrons. The van der Waals surface area contributed by atoms with Crippen molar-refractivity contribution < 1.29 is 14.3 Å². The normalized spacial score (nSPS) is 12.2. The van der Waals surface area contributed by atoms with Crippen molar-refractivity contribution in [1.29, 1.82) is 10.8 Å². The molecule has 1 amide bonds. The van der Waals surface area contributed by atoms with Gasteiger partial charge in [0.2, 0.25) is 5.91 Å². The van der Waals surface area contributed by atoms with Crippen LogP contribution in [0, 0.1) is 10.8 Å². The van der Waals surface area contributed by atoms with Gasteiger partial charge < -0.3 is 31.7 Å². The molecule has 1 unspecified atom stereocenters. The number of methoxy groups -OCH3 is 2.